The minimum atomic E-state index is -0.665. The zero-order chi connectivity index (χ0) is 19.7. The Labute approximate surface area is 165 Å². The van der Waals surface area contributed by atoms with Crippen LogP contribution in [0.4, 0.5) is 11.4 Å². The van der Waals surface area contributed by atoms with E-state index in [1.165, 1.54) is 0 Å². The second kappa shape index (κ2) is 7.73. The molecule has 0 aliphatic carbocycles. The first kappa shape index (κ1) is 18.7. The number of hydrogen-bond acceptors (Lipinski definition) is 5. The molecule has 28 heavy (non-hydrogen) atoms. The number of piperidine rings is 1. The number of amides is 1. The van der Waals surface area contributed by atoms with Crippen LogP contribution in [0.15, 0.2) is 60.7 Å². The van der Waals surface area contributed by atoms with E-state index in [-0.39, 0.29) is 29.8 Å². The maximum atomic E-state index is 13.3. The summed E-state index contributed by atoms with van der Waals surface area (Å²) in [5, 5.41) is 5.46. The van der Waals surface area contributed by atoms with Crippen LogP contribution in [-0.2, 0) is 9.59 Å². The minimum absolute atomic E-state index is 0.0153. The van der Waals surface area contributed by atoms with Crippen molar-refractivity contribution in [1.29, 1.82) is 0 Å². The van der Waals surface area contributed by atoms with E-state index in [9.17, 15) is 9.59 Å². The SMILES string of the molecule is CCN(C(=O)C1CNC2C(C1=O)C(C)NN2c1ccccc1)c1ccccc1. The van der Waals surface area contributed by atoms with Crippen LogP contribution in [0.2, 0.25) is 0 Å². The first-order valence-corrected chi connectivity index (χ1v) is 9.85. The summed E-state index contributed by atoms with van der Waals surface area (Å²) in [6.45, 7) is 4.82. The van der Waals surface area contributed by atoms with Crippen LogP contribution < -0.4 is 20.7 Å². The maximum absolute atomic E-state index is 13.3. The van der Waals surface area contributed by atoms with Crippen molar-refractivity contribution in [1.82, 2.24) is 10.7 Å². The van der Waals surface area contributed by atoms with Gasteiger partial charge in [-0.2, -0.15) is 0 Å². The number of Topliss-reactive ketones (excluding diaryl/α,β-unsaturated/α-hetero) is 1. The highest BCUT2D eigenvalue weighted by atomic mass is 16.2. The fourth-order valence-electron chi connectivity index (χ4n) is 4.30. The van der Waals surface area contributed by atoms with E-state index in [1.807, 2.05) is 79.5 Å². The Hall–Kier alpha value is -2.70. The van der Waals surface area contributed by atoms with E-state index in [2.05, 4.69) is 10.7 Å². The topological polar surface area (TPSA) is 64.7 Å². The summed E-state index contributed by atoms with van der Waals surface area (Å²) in [7, 11) is 0. The first-order valence-electron chi connectivity index (χ1n) is 9.85. The van der Waals surface area contributed by atoms with E-state index < -0.39 is 5.92 Å². The summed E-state index contributed by atoms with van der Waals surface area (Å²) < 4.78 is 0. The van der Waals surface area contributed by atoms with Gasteiger partial charge in [0, 0.05) is 24.8 Å². The van der Waals surface area contributed by atoms with Crippen LogP contribution >= 0.6 is 0 Å². The number of carbonyl (C=O) groups is 2. The molecule has 2 fully saturated rings. The number of para-hydroxylation sites is 2. The smallest absolute Gasteiger partial charge is 0.238 e. The molecule has 0 bridgehead atoms. The monoisotopic (exact) mass is 378 g/mol. The van der Waals surface area contributed by atoms with Gasteiger partial charge in [0.15, 0.2) is 5.78 Å². The Morgan fingerprint density at radius 3 is 2.39 bits per heavy atom. The molecule has 4 atom stereocenters. The van der Waals surface area contributed by atoms with E-state index >= 15 is 0 Å². The Morgan fingerprint density at radius 1 is 1.11 bits per heavy atom. The van der Waals surface area contributed by atoms with Crippen molar-refractivity contribution >= 4 is 23.1 Å². The van der Waals surface area contributed by atoms with E-state index in [0.717, 1.165) is 11.4 Å². The molecule has 2 N–H and O–H groups in total. The molecule has 6 heteroatoms. The molecule has 2 saturated heterocycles. The lowest BCUT2D eigenvalue weighted by Crippen LogP contribution is -2.59. The Bertz CT molecular complexity index is 842. The van der Waals surface area contributed by atoms with Gasteiger partial charge in [-0.1, -0.05) is 36.4 Å². The summed E-state index contributed by atoms with van der Waals surface area (Å²) in [4.78, 5) is 28.3. The van der Waals surface area contributed by atoms with Gasteiger partial charge < -0.3 is 4.90 Å². The molecule has 146 valence electrons. The van der Waals surface area contributed by atoms with Gasteiger partial charge in [0.2, 0.25) is 5.91 Å². The van der Waals surface area contributed by atoms with Crippen LogP contribution in [0.3, 0.4) is 0 Å². The van der Waals surface area contributed by atoms with E-state index in [1.54, 1.807) is 4.90 Å². The third-order valence-corrected chi connectivity index (χ3v) is 5.69. The molecule has 2 aliphatic rings. The molecular weight excluding hydrogens is 352 g/mol. The van der Waals surface area contributed by atoms with Gasteiger partial charge in [-0.3, -0.25) is 19.9 Å². The normalized spacial score (nSPS) is 26.8. The van der Waals surface area contributed by atoms with Crippen molar-refractivity contribution in [3.8, 4) is 0 Å². The van der Waals surface area contributed by atoms with Gasteiger partial charge in [0.05, 0.1) is 11.6 Å². The number of hydrogen-bond donors (Lipinski definition) is 2. The summed E-state index contributed by atoms with van der Waals surface area (Å²) in [6.07, 6.45) is -0.152. The number of benzene rings is 2. The van der Waals surface area contributed by atoms with Crippen LogP contribution in [0.5, 0.6) is 0 Å². The number of fused-ring (bicyclic) bond motifs is 1. The van der Waals surface area contributed by atoms with Crippen LogP contribution in [0.1, 0.15) is 13.8 Å². The second-order valence-corrected chi connectivity index (χ2v) is 7.38. The molecule has 2 aromatic carbocycles. The third-order valence-electron chi connectivity index (χ3n) is 5.69. The van der Waals surface area contributed by atoms with Crippen molar-refractivity contribution < 1.29 is 9.59 Å². The molecule has 2 aromatic rings. The van der Waals surface area contributed by atoms with Gasteiger partial charge in [-0.05, 0) is 38.1 Å². The number of ketones is 1. The lowest BCUT2D eigenvalue weighted by molar-refractivity contribution is -0.137. The summed E-state index contributed by atoms with van der Waals surface area (Å²) in [6, 6.07) is 19.4. The first-order chi connectivity index (χ1) is 13.6. The molecule has 0 saturated carbocycles. The molecule has 2 aliphatic heterocycles. The Kier molecular flexibility index (Phi) is 5.15. The molecule has 0 radical (unpaired) electrons. The Morgan fingerprint density at radius 2 is 1.75 bits per heavy atom. The molecular formula is C22H26N4O2. The molecule has 4 rings (SSSR count). The maximum Gasteiger partial charge on any atom is 0.238 e. The highest BCUT2D eigenvalue weighted by Gasteiger charge is 2.51. The van der Waals surface area contributed by atoms with E-state index in [0.29, 0.717) is 13.1 Å². The molecule has 2 heterocycles. The number of carbonyl (C=O) groups excluding carboxylic acids is 2. The van der Waals surface area contributed by atoms with Crippen LogP contribution in [0, 0.1) is 11.8 Å². The number of nitrogens with zero attached hydrogens (tertiary/aromatic N) is 2. The van der Waals surface area contributed by atoms with Crippen LogP contribution in [-0.4, -0.2) is 37.0 Å². The second-order valence-electron chi connectivity index (χ2n) is 7.38. The standard InChI is InChI=1S/C22H26N4O2/c1-3-25(16-10-6-4-7-11-16)22(28)18-14-23-21-19(20(18)27)15(2)24-26(21)17-12-8-5-9-13-17/h4-13,15,18-19,21,23-24H,3,14H2,1-2H3. The van der Waals surface area contributed by atoms with Gasteiger partial charge in [-0.25, -0.2) is 5.43 Å². The summed E-state index contributed by atoms with van der Waals surface area (Å²) >= 11 is 0. The zero-order valence-electron chi connectivity index (χ0n) is 16.2. The highest BCUT2D eigenvalue weighted by Crippen LogP contribution is 2.32. The predicted molar refractivity (Wildman–Crippen MR) is 110 cm³/mol. The third kappa shape index (κ3) is 3.19. The Balaban J connectivity index is 1.56. The average molecular weight is 378 g/mol. The number of rotatable bonds is 4. The summed E-state index contributed by atoms with van der Waals surface area (Å²) in [5.41, 5.74) is 5.24. The van der Waals surface area contributed by atoms with Gasteiger partial charge in [0.1, 0.15) is 12.1 Å². The number of nitrogens with one attached hydrogen (secondary N) is 2. The van der Waals surface area contributed by atoms with Crippen molar-refractivity contribution in [2.24, 2.45) is 11.8 Å². The lowest BCUT2D eigenvalue weighted by Gasteiger charge is -2.36. The predicted octanol–water partition coefficient (Wildman–Crippen LogP) is 2.18. The fourth-order valence-corrected chi connectivity index (χ4v) is 4.30. The largest absolute Gasteiger partial charge is 0.312 e. The van der Waals surface area contributed by atoms with Gasteiger partial charge >= 0.3 is 0 Å². The van der Waals surface area contributed by atoms with Gasteiger partial charge in [0.25, 0.3) is 0 Å². The molecule has 0 spiro atoms. The quantitative estimate of drug-likeness (QED) is 0.799. The van der Waals surface area contributed by atoms with Crippen molar-refractivity contribution in [3.63, 3.8) is 0 Å². The van der Waals surface area contributed by atoms with Crippen molar-refractivity contribution in [3.05, 3.63) is 60.7 Å². The molecule has 6 nitrogen and oxygen atoms in total. The van der Waals surface area contributed by atoms with Crippen molar-refractivity contribution in [2.75, 3.05) is 23.0 Å². The molecule has 1 amide bonds. The van der Waals surface area contributed by atoms with E-state index in [4.69, 9.17) is 0 Å². The molecule has 4 unspecified atom stereocenters. The van der Waals surface area contributed by atoms with Crippen molar-refractivity contribution in [2.45, 2.75) is 26.1 Å². The fraction of sp³-hybridized carbons (Fsp3) is 0.364. The van der Waals surface area contributed by atoms with Crippen LogP contribution in [0.25, 0.3) is 0 Å². The molecule has 0 aromatic heterocycles. The zero-order valence-corrected chi connectivity index (χ0v) is 16.2. The van der Waals surface area contributed by atoms with Gasteiger partial charge in [-0.15, -0.1) is 0 Å². The summed E-state index contributed by atoms with van der Waals surface area (Å²) in [5.74, 6) is -1.06. The number of anilines is 2. The lowest BCUT2D eigenvalue weighted by atomic mass is 9.82. The number of hydrazine groups is 1. The highest BCUT2D eigenvalue weighted by molar-refractivity contribution is 6.10. The minimum Gasteiger partial charge on any atom is -0.312 e. The average Bonchev–Trinajstić information content (AvgIpc) is 3.07.